The molecule has 0 aliphatic carbocycles. The molecule has 0 heterocycles. The van der Waals surface area contributed by atoms with Crippen LogP contribution in [0.25, 0.3) is 0 Å². The van der Waals surface area contributed by atoms with Crippen molar-refractivity contribution >= 4 is 0 Å². The molecule has 0 aromatic heterocycles. The van der Waals surface area contributed by atoms with Crippen LogP contribution in [0.4, 0.5) is 0 Å². The summed E-state index contributed by atoms with van der Waals surface area (Å²) in [4.78, 5) is 0. The highest BCUT2D eigenvalue weighted by molar-refractivity contribution is 5.37. The molecule has 0 spiro atoms. The molecule has 0 aliphatic heterocycles. The van der Waals surface area contributed by atoms with Crippen LogP contribution in [-0.4, -0.2) is 20.3 Å². The Bertz CT molecular complexity index is 537. The molecule has 0 unspecified atom stereocenters. The topological polar surface area (TPSA) is 27.7 Å². The number of hydrogen-bond acceptors (Lipinski definition) is 3. The zero-order valence-electron chi connectivity index (χ0n) is 12.6. The third kappa shape index (κ3) is 4.80. The maximum Gasteiger partial charge on any atom is 0.126 e. The van der Waals surface area contributed by atoms with Crippen molar-refractivity contribution in [3.63, 3.8) is 0 Å². The number of ether oxygens (including phenoxy) is 3. The van der Waals surface area contributed by atoms with Gasteiger partial charge >= 0.3 is 0 Å². The highest BCUT2D eigenvalue weighted by atomic mass is 16.5. The molecule has 1 radical (unpaired) electrons. The molecular weight excluding hydrogens is 264 g/mol. The van der Waals surface area contributed by atoms with Crippen LogP contribution in [0.15, 0.2) is 42.5 Å². The molecule has 21 heavy (non-hydrogen) atoms. The Morgan fingerprint density at radius 1 is 1.00 bits per heavy atom. The average molecular weight is 285 g/mol. The largest absolute Gasteiger partial charge is 0.491 e. The Morgan fingerprint density at radius 2 is 1.81 bits per heavy atom. The monoisotopic (exact) mass is 285 g/mol. The van der Waals surface area contributed by atoms with Gasteiger partial charge in [-0.3, -0.25) is 0 Å². The summed E-state index contributed by atoms with van der Waals surface area (Å²) in [5.41, 5.74) is 2.29. The van der Waals surface area contributed by atoms with Crippen molar-refractivity contribution in [2.75, 3.05) is 20.3 Å². The zero-order chi connectivity index (χ0) is 14.9. The van der Waals surface area contributed by atoms with Gasteiger partial charge in [-0.1, -0.05) is 31.2 Å². The number of benzene rings is 2. The molecule has 111 valence electrons. The van der Waals surface area contributed by atoms with Gasteiger partial charge in [0.2, 0.25) is 0 Å². The van der Waals surface area contributed by atoms with Gasteiger partial charge in [0, 0.05) is 12.7 Å². The van der Waals surface area contributed by atoms with E-state index in [0.29, 0.717) is 19.8 Å². The summed E-state index contributed by atoms with van der Waals surface area (Å²) in [6.07, 6.45) is 0.982. The minimum absolute atomic E-state index is 0.482. The lowest BCUT2D eigenvalue weighted by Gasteiger charge is -2.13. The summed E-state index contributed by atoms with van der Waals surface area (Å²) in [7, 11) is 1.67. The second-order valence-corrected chi connectivity index (χ2v) is 4.66. The summed E-state index contributed by atoms with van der Waals surface area (Å²) in [6, 6.07) is 16.7. The van der Waals surface area contributed by atoms with Gasteiger partial charge < -0.3 is 14.2 Å². The van der Waals surface area contributed by atoms with Crippen LogP contribution in [0.1, 0.15) is 18.1 Å². The Labute approximate surface area is 126 Å². The van der Waals surface area contributed by atoms with Crippen LogP contribution in [-0.2, 0) is 17.8 Å². The first kappa shape index (κ1) is 15.4. The van der Waals surface area contributed by atoms with Gasteiger partial charge in [0.05, 0.1) is 6.61 Å². The van der Waals surface area contributed by atoms with Gasteiger partial charge in [0.25, 0.3) is 0 Å². The predicted octanol–water partition coefficient (Wildman–Crippen LogP) is 3.65. The van der Waals surface area contributed by atoms with Gasteiger partial charge in [0.1, 0.15) is 24.7 Å². The lowest BCUT2D eigenvalue weighted by molar-refractivity contribution is 0.144. The lowest BCUT2D eigenvalue weighted by Crippen LogP contribution is -2.07. The summed E-state index contributed by atoms with van der Waals surface area (Å²) >= 11 is 0. The van der Waals surface area contributed by atoms with E-state index in [1.165, 1.54) is 5.56 Å². The van der Waals surface area contributed by atoms with Crippen LogP contribution in [0.2, 0.25) is 0 Å². The van der Waals surface area contributed by atoms with Gasteiger partial charge in [-0.2, -0.15) is 0 Å². The van der Waals surface area contributed by atoms with Gasteiger partial charge in [-0.25, -0.2) is 0 Å². The number of rotatable bonds is 8. The van der Waals surface area contributed by atoms with Crippen molar-refractivity contribution in [3.8, 4) is 11.5 Å². The van der Waals surface area contributed by atoms with Crippen molar-refractivity contribution < 1.29 is 14.2 Å². The molecular formula is C18H21O3. The summed E-state index contributed by atoms with van der Waals surface area (Å²) in [6.45, 7) is 3.73. The van der Waals surface area contributed by atoms with Crippen LogP contribution in [0.3, 0.4) is 0 Å². The van der Waals surface area contributed by atoms with Crippen molar-refractivity contribution in [2.45, 2.75) is 20.0 Å². The normalized spacial score (nSPS) is 10.4. The van der Waals surface area contributed by atoms with E-state index in [1.54, 1.807) is 7.11 Å². The Morgan fingerprint density at radius 3 is 2.52 bits per heavy atom. The molecule has 2 aromatic rings. The highest BCUT2D eigenvalue weighted by Crippen LogP contribution is 2.23. The molecule has 0 saturated carbocycles. The molecule has 2 rings (SSSR count). The Kier molecular flexibility index (Phi) is 6.10. The minimum atomic E-state index is 0.482. The van der Waals surface area contributed by atoms with Gasteiger partial charge in [-0.15, -0.1) is 0 Å². The fourth-order valence-electron chi connectivity index (χ4n) is 1.94. The first-order valence-corrected chi connectivity index (χ1v) is 7.16. The molecule has 0 aliphatic rings. The van der Waals surface area contributed by atoms with E-state index >= 15 is 0 Å². The Balaban J connectivity index is 2.05. The van der Waals surface area contributed by atoms with E-state index < -0.39 is 0 Å². The lowest BCUT2D eigenvalue weighted by atomic mass is 10.1. The maximum atomic E-state index is 5.80. The van der Waals surface area contributed by atoms with E-state index in [4.69, 9.17) is 14.2 Å². The minimum Gasteiger partial charge on any atom is -0.491 e. The first-order chi connectivity index (χ1) is 10.3. The van der Waals surface area contributed by atoms with Crippen molar-refractivity contribution in [2.24, 2.45) is 0 Å². The average Bonchev–Trinajstić information content (AvgIpc) is 2.54. The van der Waals surface area contributed by atoms with E-state index in [2.05, 4.69) is 31.2 Å². The Hall–Kier alpha value is -2.00. The fraction of sp³-hybridized carbons (Fsp3) is 0.333. The number of methoxy groups -OCH3 is 1. The third-order valence-corrected chi connectivity index (χ3v) is 3.17. The van der Waals surface area contributed by atoms with Gasteiger partial charge in [-0.05, 0) is 36.2 Å². The highest BCUT2D eigenvalue weighted by Gasteiger charge is 2.06. The summed E-state index contributed by atoms with van der Waals surface area (Å²) in [5, 5.41) is 0. The van der Waals surface area contributed by atoms with Crippen molar-refractivity contribution in [3.05, 3.63) is 59.7 Å². The first-order valence-electron chi connectivity index (χ1n) is 7.16. The quantitative estimate of drug-likeness (QED) is 0.693. The van der Waals surface area contributed by atoms with Crippen LogP contribution >= 0.6 is 0 Å². The molecule has 2 aromatic carbocycles. The van der Waals surface area contributed by atoms with E-state index in [1.807, 2.05) is 24.3 Å². The molecule has 0 N–H and O–H groups in total. The van der Waals surface area contributed by atoms with E-state index in [-0.39, 0.29) is 0 Å². The van der Waals surface area contributed by atoms with Crippen molar-refractivity contribution in [1.29, 1.82) is 0 Å². The molecule has 0 fully saturated rings. The molecule has 3 nitrogen and oxygen atoms in total. The smallest absolute Gasteiger partial charge is 0.126 e. The van der Waals surface area contributed by atoms with Crippen LogP contribution < -0.4 is 9.47 Å². The zero-order valence-corrected chi connectivity index (χ0v) is 12.6. The number of hydrogen-bond donors (Lipinski definition) is 0. The molecule has 0 saturated heterocycles. The standard InChI is InChI=1S/C18H21O3/c1-3-15-9-10-16(18(13-15)20-12-11-19-2)14-21-17-7-5-4-6-8-17/h5-10,13H,3,11-12,14H2,1-2H3. The van der Waals surface area contributed by atoms with Crippen molar-refractivity contribution in [1.82, 2.24) is 0 Å². The van der Waals surface area contributed by atoms with Crippen LogP contribution in [0.5, 0.6) is 11.5 Å². The molecule has 0 bridgehead atoms. The van der Waals surface area contributed by atoms with E-state index in [9.17, 15) is 0 Å². The molecule has 0 atom stereocenters. The second kappa shape index (κ2) is 8.32. The second-order valence-electron chi connectivity index (χ2n) is 4.66. The third-order valence-electron chi connectivity index (χ3n) is 3.17. The fourth-order valence-corrected chi connectivity index (χ4v) is 1.94. The SMILES string of the molecule is CCc1ccc(COc2cc[c]cc2)c(OCCOC)c1. The van der Waals surface area contributed by atoms with Gasteiger partial charge in [0.15, 0.2) is 0 Å². The molecule has 3 heteroatoms. The molecule has 0 amide bonds. The number of aryl methyl sites for hydroxylation is 1. The predicted molar refractivity (Wildman–Crippen MR) is 82.8 cm³/mol. The van der Waals surface area contributed by atoms with E-state index in [0.717, 1.165) is 23.5 Å². The summed E-state index contributed by atoms with van der Waals surface area (Å²) in [5.74, 6) is 1.70. The maximum absolute atomic E-state index is 5.80. The van der Waals surface area contributed by atoms with Crippen LogP contribution in [0, 0.1) is 6.07 Å². The summed E-state index contributed by atoms with van der Waals surface area (Å²) < 4.78 is 16.6.